The van der Waals surface area contributed by atoms with E-state index in [0.29, 0.717) is 18.4 Å². The molecule has 1 aromatic carbocycles. The summed E-state index contributed by atoms with van der Waals surface area (Å²) in [4.78, 5) is 12.7. The lowest BCUT2D eigenvalue weighted by atomic mass is 9.98. The van der Waals surface area contributed by atoms with E-state index >= 15 is 0 Å². The molecular weight excluding hydrogens is 384 g/mol. The molecule has 4 rings (SSSR count). The second-order valence-corrected chi connectivity index (χ2v) is 7.94. The molecular formula is C22H26N4O2S. The van der Waals surface area contributed by atoms with Crippen molar-refractivity contribution in [1.29, 1.82) is 0 Å². The van der Waals surface area contributed by atoms with E-state index in [4.69, 9.17) is 14.1 Å². The van der Waals surface area contributed by atoms with E-state index in [2.05, 4.69) is 34.3 Å². The van der Waals surface area contributed by atoms with Crippen LogP contribution in [0.1, 0.15) is 30.5 Å². The summed E-state index contributed by atoms with van der Waals surface area (Å²) < 4.78 is 10.9. The van der Waals surface area contributed by atoms with Crippen molar-refractivity contribution in [1.82, 2.24) is 15.2 Å². The fourth-order valence-corrected chi connectivity index (χ4v) is 4.23. The molecule has 1 unspecified atom stereocenters. The molecule has 0 radical (unpaired) electrons. The van der Waals surface area contributed by atoms with Crippen LogP contribution in [0, 0.1) is 0 Å². The third-order valence-corrected chi connectivity index (χ3v) is 5.94. The summed E-state index contributed by atoms with van der Waals surface area (Å²) in [5.74, 6) is 3.00. The second kappa shape index (κ2) is 9.13. The van der Waals surface area contributed by atoms with Crippen LogP contribution in [-0.2, 0) is 6.54 Å². The third kappa shape index (κ3) is 4.62. The highest BCUT2D eigenvalue weighted by molar-refractivity contribution is 7.13. The monoisotopic (exact) mass is 410 g/mol. The molecule has 1 aliphatic heterocycles. The fraction of sp³-hybridized carbons (Fsp3) is 0.364. The van der Waals surface area contributed by atoms with E-state index in [9.17, 15) is 0 Å². The Morgan fingerprint density at radius 1 is 1.34 bits per heavy atom. The van der Waals surface area contributed by atoms with Gasteiger partial charge in [-0.2, -0.15) is 0 Å². The number of aromatic nitrogens is 1. The molecule has 1 fully saturated rings. The SMILES string of the molecule is CCNC(=NCc1coc(-c2cccs2)n1)N1CCC(c2ccc(OC)cc2)C1. The van der Waals surface area contributed by atoms with Gasteiger partial charge in [0.15, 0.2) is 5.96 Å². The smallest absolute Gasteiger partial charge is 0.236 e. The highest BCUT2D eigenvalue weighted by Gasteiger charge is 2.26. The number of aliphatic imine (C=N–C) groups is 1. The zero-order valence-electron chi connectivity index (χ0n) is 16.8. The minimum absolute atomic E-state index is 0.501. The van der Waals surface area contributed by atoms with Crippen molar-refractivity contribution in [2.45, 2.75) is 25.8 Å². The van der Waals surface area contributed by atoms with Crippen molar-refractivity contribution in [2.24, 2.45) is 4.99 Å². The molecule has 0 amide bonds. The molecule has 1 atom stereocenters. The van der Waals surface area contributed by atoms with Crippen LogP contribution in [-0.4, -0.2) is 42.6 Å². The summed E-state index contributed by atoms with van der Waals surface area (Å²) in [6, 6.07) is 12.4. The Morgan fingerprint density at radius 3 is 2.93 bits per heavy atom. The van der Waals surface area contributed by atoms with Crippen molar-refractivity contribution < 1.29 is 9.15 Å². The van der Waals surface area contributed by atoms with Crippen molar-refractivity contribution in [3.05, 3.63) is 59.3 Å². The number of nitrogens with one attached hydrogen (secondary N) is 1. The number of thiophene rings is 1. The molecule has 2 aromatic heterocycles. The van der Waals surface area contributed by atoms with Gasteiger partial charge in [-0.15, -0.1) is 11.3 Å². The largest absolute Gasteiger partial charge is 0.497 e. The van der Waals surface area contributed by atoms with Crippen LogP contribution < -0.4 is 10.1 Å². The van der Waals surface area contributed by atoms with Crippen LogP contribution in [0.2, 0.25) is 0 Å². The molecule has 0 bridgehead atoms. The fourth-order valence-electron chi connectivity index (χ4n) is 3.58. The van der Waals surface area contributed by atoms with Gasteiger partial charge in [-0.05, 0) is 42.5 Å². The van der Waals surface area contributed by atoms with Gasteiger partial charge in [-0.25, -0.2) is 9.98 Å². The van der Waals surface area contributed by atoms with Crippen molar-refractivity contribution in [3.63, 3.8) is 0 Å². The highest BCUT2D eigenvalue weighted by atomic mass is 32.1. The zero-order chi connectivity index (χ0) is 20.1. The van der Waals surface area contributed by atoms with Crippen LogP contribution in [0.5, 0.6) is 5.75 Å². The first-order valence-corrected chi connectivity index (χ1v) is 10.8. The van der Waals surface area contributed by atoms with Crippen LogP contribution in [0.25, 0.3) is 10.8 Å². The van der Waals surface area contributed by atoms with E-state index in [1.807, 2.05) is 29.6 Å². The lowest BCUT2D eigenvalue weighted by Gasteiger charge is -2.21. The molecule has 0 aliphatic carbocycles. The molecule has 0 spiro atoms. The van der Waals surface area contributed by atoms with Crippen molar-refractivity contribution in [2.75, 3.05) is 26.7 Å². The second-order valence-electron chi connectivity index (χ2n) is 7.00. The van der Waals surface area contributed by atoms with E-state index in [1.54, 1.807) is 24.7 Å². The Hall–Kier alpha value is -2.80. The number of guanidine groups is 1. The van der Waals surface area contributed by atoms with Gasteiger partial charge >= 0.3 is 0 Å². The van der Waals surface area contributed by atoms with Gasteiger partial charge < -0.3 is 19.4 Å². The number of ether oxygens (including phenoxy) is 1. The number of likely N-dealkylation sites (tertiary alicyclic amines) is 1. The maximum Gasteiger partial charge on any atom is 0.236 e. The predicted molar refractivity (Wildman–Crippen MR) is 117 cm³/mol. The van der Waals surface area contributed by atoms with Crippen molar-refractivity contribution >= 4 is 17.3 Å². The third-order valence-electron chi connectivity index (χ3n) is 5.08. The molecule has 3 heterocycles. The average Bonchev–Trinajstić information content (AvgIpc) is 3.52. The number of benzene rings is 1. The maximum atomic E-state index is 5.61. The van der Waals surface area contributed by atoms with Crippen LogP contribution in [0.15, 0.2) is 57.5 Å². The summed E-state index contributed by atoms with van der Waals surface area (Å²) in [6.07, 6.45) is 2.81. The maximum absolute atomic E-state index is 5.61. The van der Waals surface area contributed by atoms with Gasteiger partial charge in [-0.1, -0.05) is 18.2 Å². The van der Waals surface area contributed by atoms with E-state index < -0.39 is 0 Å². The van der Waals surface area contributed by atoms with Gasteiger partial charge in [0.25, 0.3) is 0 Å². The van der Waals surface area contributed by atoms with Crippen molar-refractivity contribution in [3.8, 4) is 16.5 Å². The average molecular weight is 411 g/mol. The Balaban J connectivity index is 1.42. The molecule has 0 saturated carbocycles. The minimum Gasteiger partial charge on any atom is -0.497 e. The van der Waals surface area contributed by atoms with Gasteiger partial charge in [-0.3, -0.25) is 0 Å². The summed E-state index contributed by atoms with van der Waals surface area (Å²) >= 11 is 1.62. The predicted octanol–water partition coefficient (Wildman–Crippen LogP) is 4.37. The first-order valence-electron chi connectivity index (χ1n) is 9.92. The lowest BCUT2D eigenvalue weighted by Crippen LogP contribution is -2.40. The number of hydrogen-bond acceptors (Lipinski definition) is 5. The van der Waals surface area contributed by atoms with E-state index in [1.165, 1.54) is 5.56 Å². The number of methoxy groups -OCH3 is 1. The number of nitrogens with zero attached hydrogens (tertiary/aromatic N) is 3. The Morgan fingerprint density at radius 2 is 2.21 bits per heavy atom. The van der Waals surface area contributed by atoms with Gasteiger partial charge in [0, 0.05) is 25.6 Å². The van der Waals surface area contributed by atoms with Gasteiger partial charge in [0.1, 0.15) is 17.7 Å². The summed E-state index contributed by atoms with van der Waals surface area (Å²) in [5, 5.41) is 5.44. The van der Waals surface area contributed by atoms with E-state index in [0.717, 1.165) is 48.3 Å². The molecule has 3 aromatic rings. The van der Waals surface area contributed by atoms with Crippen LogP contribution in [0.3, 0.4) is 0 Å². The first-order chi connectivity index (χ1) is 14.3. The molecule has 7 heteroatoms. The molecule has 29 heavy (non-hydrogen) atoms. The Kier molecular flexibility index (Phi) is 6.14. The zero-order valence-corrected chi connectivity index (χ0v) is 17.6. The van der Waals surface area contributed by atoms with Crippen LogP contribution in [0.4, 0.5) is 0 Å². The molecule has 1 N–H and O–H groups in total. The topological polar surface area (TPSA) is 62.9 Å². The first kappa shape index (κ1) is 19.5. The number of oxazole rings is 1. The van der Waals surface area contributed by atoms with Gasteiger partial charge in [0.2, 0.25) is 5.89 Å². The normalized spacial score (nSPS) is 17.0. The lowest BCUT2D eigenvalue weighted by molar-refractivity contribution is 0.414. The summed E-state index contributed by atoms with van der Waals surface area (Å²) in [7, 11) is 1.70. The molecule has 152 valence electrons. The molecule has 1 saturated heterocycles. The molecule has 6 nitrogen and oxygen atoms in total. The molecule has 1 aliphatic rings. The summed E-state index contributed by atoms with van der Waals surface area (Å²) in [6.45, 7) is 5.37. The number of rotatable bonds is 6. The highest BCUT2D eigenvalue weighted by Crippen LogP contribution is 2.29. The number of hydrogen-bond donors (Lipinski definition) is 1. The summed E-state index contributed by atoms with van der Waals surface area (Å²) in [5.41, 5.74) is 2.19. The van der Waals surface area contributed by atoms with Gasteiger partial charge in [0.05, 0.1) is 18.5 Å². The minimum atomic E-state index is 0.501. The Bertz CT molecular complexity index is 934. The quantitative estimate of drug-likeness (QED) is 0.483. The van der Waals surface area contributed by atoms with E-state index in [-0.39, 0.29) is 0 Å². The standard InChI is InChI=1S/C22H26N4O2S/c1-3-23-22(24-13-18-15-28-21(25-18)20-5-4-12-29-20)26-11-10-17(14-26)16-6-8-19(27-2)9-7-16/h4-9,12,15,17H,3,10-11,13-14H2,1-2H3,(H,23,24). The Labute approximate surface area is 175 Å². The van der Waals surface area contributed by atoms with Crippen LogP contribution >= 0.6 is 11.3 Å².